The van der Waals surface area contributed by atoms with Gasteiger partial charge < -0.3 is 14.9 Å². The molecular weight excluding hydrogens is 226 g/mol. The molecule has 1 aliphatic rings. The third-order valence-electron chi connectivity index (χ3n) is 3.89. The summed E-state index contributed by atoms with van der Waals surface area (Å²) in [4.78, 5) is 0. The Bertz CT molecular complexity index is 561. The van der Waals surface area contributed by atoms with E-state index in [0.29, 0.717) is 5.92 Å². The van der Waals surface area contributed by atoms with Crippen molar-refractivity contribution < 1.29 is 9.15 Å². The largest absolute Gasteiger partial charge is 0.459 e. The summed E-state index contributed by atoms with van der Waals surface area (Å²) in [5.74, 6) is 1.33. The van der Waals surface area contributed by atoms with Gasteiger partial charge in [0.2, 0.25) is 0 Å². The van der Waals surface area contributed by atoms with E-state index in [1.807, 2.05) is 12.1 Å². The van der Waals surface area contributed by atoms with Crippen LogP contribution in [0.25, 0.3) is 11.0 Å². The quantitative estimate of drug-likeness (QED) is 0.884. The van der Waals surface area contributed by atoms with Gasteiger partial charge in [0.25, 0.3) is 0 Å². The van der Waals surface area contributed by atoms with Gasteiger partial charge in [-0.15, -0.1) is 0 Å². The van der Waals surface area contributed by atoms with E-state index < -0.39 is 0 Å². The van der Waals surface area contributed by atoms with E-state index in [0.717, 1.165) is 35.3 Å². The van der Waals surface area contributed by atoms with Gasteiger partial charge in [-0.05, 0) is 30.9 Å². The number of ether oxygens (including phenoxy) is 1. The Balaban J connectivity index is 1.96. The molecule has 3 rings (SSSR count). The number of furan rings is 1. The van der Waals surface area contributed by atoms with Crippen LogP contribution in [0.15, 0.2) is 28.7 Å². The molecule has 2 N–H and O–H groups in total. The fraction of sp³-hybridized carbons (Fsp3) is 0.467. The third-order valence-corrected chi connectivity index (χ3v) is 3.89. The summed E-state index contributed by atoms with van der Waals surface area (Å²) < 4.78 is 11.6. The van der Waals surface area contributed by atoms with Crippen LogP contribution in [0.3, 0.4) is 0 Å². The van der Waals surface area contributed by atoms with Crippen LogP contribution < -0.4 is 5.73 Å². The van der Waals surface area contributed by atoms with Crippen LogP contribution in [0.4, 0.5) is 0 Å². The normalized spacial score (nSPS) is 25.7. The number of nitrogens with two attached hydrogens (primary N) is 1. The summed E-state index contributed by atoms with van der Waals surface area (Å²) >= 11 is 0. The van der Waals surface area contributed by atoms with E-state index in [-0.39, 0.29) is 12.1 Å². The lowest BCUT2D eigenvalue weighted by atomic mass is 9.96. The Morgan fingerprint density at radius 3 is 2.89 bits per heavy atom. The first kappa shape index (κ1) is 11.8. The van der Waals surface area contributed by atoms with E-state index in [9.17, 15) is 0 Å². The monoisotopic (exact) mass is 245 g/mol. The summed E-state index contributed by atoms with van der Waals surface area (Å²) in [6.07, 6.45) is 1.16. The van der Waals surface area contributed by atoms with Crippen molar-refractivity contribution in [3.8, 4) is 0 Å². The summed E-state index contributed by atoms with van der Waals surface area (Å²) in [5.41, 5.74) is 8.37. The predicted octanol–water partition coefficient (Wildman–Crippen LogP) is 3.17. The maximum absolute atomic E-state index is 6.29. The van der Waals surface area contributed by atoms with E-state index in [1.165, 1.54) is 0 Å². The lowest BCUT2D eigenvalue weighted by Gasteiger charge is -2.20. The first-order chi connectivity index (χ1) is 8.66. The molecule has 18 heavy (non-hydrogen) atoms. The van der Waals surface area contributed by atoms with Gasteiger partial charge in [-0.25, -0.2) is 0 Å². The Labute approximate surface area is 107 Å². The highest BCUT2D eigenvalue weighted by Gasteiger charge is 2.32. The number of aryl methyl sites for hydroxylation is 1. The van der Waals surface area contributed by atoms with E-state index in [1.54, 1.807) is 0 Å². The van der Waals surface area contributed by atoms with Gasteiger partial charge in [0.15, 0.2) is 0 Å². The Hall–Kier alpha value is -1.32. The molecule has 1 aromatic heterocycles. The summed E-state index contributed by atoms with van der Waals surface area (Å²) in [5, 5.41) is 1.12. The van der Waals surface area contributed by atoms with Crippen molar-refractivity contribution in [3.63, 3.8) is 0 Å². The van der Waals surface area contributed by atoms with Crippen LogP contribution in [0.5, 0.6) is 0 Å². The van der Waals surface area contributed by atoms with Gasteiger partial charge in [0.05, 0.1) is 12.1 Å². The molecule has 1 saturated heterocycles. The Kier molecular flexibility index (Phi) is 2.88. The van der Waals surface area contributed by atoms with Crippen molar-refractivity contribution in [2.45, 2.75) is 32.4 Å². The van der Waals surface area contributed by atoms with Crippen LogP contribution >= 0.6 is 0 Å². The number of benzene rings is 1. The lowest BCUT2D eigenvalue weighted by molar-refractivity contribution is 0.0668. The molecule has 2 heterocycles. The number of rotatable bonds is 2. The van der Waals surface area contributed by atoms with Crippen molar-refractivity contribution in [3.05, 3.63) is 35.6 Å². The summed E-state index contributed by atoms with van der Waals surface area (Å²) in [6, 6.07) is 8.02. The van der Waals surface area contributed by atoms with Gasteiger partial charge in [-0.1, -0.05) is 25.1 Å². The fourth-order valence-electron chi connectivity index (χ4n) is 2.73. The molecule has 0 spiro atoms. The first-order valence-electron chi connectivity index (χ1n) is 6.53. The molecule has 2 aromatic rings. The molecule has 3 unspecified atom stereocenters. The minimum absolute atomic E-state index is 0.0749. The molecule has 0 amide bonds. The minimum atomic E-state index is -0.172. The SMILES string of the molecule is Cc1cccc2cc(C(N)C3OCCC3C)oc12. The van der Waals surface area contributed by atoms with Gasteiger partial charge in [0.1, 0.15) is 11.3 Å². The van der Waals surface area contributed by atoms with Crippen LogP contribution in [-0.2, 0) is 4.74 Å². The molecule has 96 valence electrons. The standard InChI is InChI=1S/C15H19NO2/c1-9-4-3-5-11-8-12(18-14(9)11)13(16)15-10(2)6-7-17-15/h3-5,8,10,13,15H,6-7,16H2,1-2H3. The molecule has 3 nitrogen and oxygen atoms in total. The molecule has 0 radical (unpaired) electrons. The lowest BCUT2D eigenvalue weighted by Crippen LogP contribution is -2.29. The molecule has 3 heteroatoms. The maximum atomic E-state index is 6.29. The molecule has 1 fully saturated rings. The number of hydrogen-bond donors (Lipinski definition) is 1. The van der Waals surface area contributed by atoms with Crippen LogP contribution in [-0.4, -0.2) is 12.7 Å². The van der Waals surface area contributed by atoms with E-state index >= 15 is 0 Å². The molecule has 0 aliphatic carbocycles. The second kappa shape index (κ2) is 4.41. The predicted molar refractivity (Wildman–Crippen MR) is 71.4 cm³/mol. The molecule has 3 atom stereocenters. The topological polar surface area (TPSA) is 48.4 Å². The van der Waals surface area contributed by atoms with Crippen molar-refractivity contribution in [1.82, 2.24) is 0 Å². The molecular formula is C15H19NO2. The second-order valence-corrected chi connectivity index (χ2v) is 5.27. The van der Waals surface area contributed by atoms with Gasteiger partial charge in [0, 0.05) is 12.0 Å². The van der Waals surface area contributed by atoms with Crippen molar-refractivity contribution >= 4 is 11.0 Å². The molecule has 1 aromatic carbocycles. The van der Waals surface area contributed by atoms with Crippen molar-refractivity contribution in [2.24, 2.45) is 11.7 Å². The second-order valence-electron chi connectivity index (χ2n) is 5.27. The van der Waals surface area contributed by atoms with E-state index in [2.05, 4.69) is 26.0 Å². The molecule has 0 saturated carbocycles. The molecule has 1 aliphatic heterocycles. The van der Waals surface area contributed by atoms with Gasteiger partial charge in [-0.2, -0.15) is 0 Å². The van der Waals surface area contributed by atoms with Crippen molar-refractivity contribution in [2.75, 3.05) is 6.61 Å². The third kappa shape index (κ3) is 1.84. The fourth-order valence-corrected chi connectivity index (χ4v) is 2.73. The zero-order valence-corrected chi connectivity index (χ0v) is 10.8. The van der Waals surface area contributed by atoms with Gasteiger partial charge in [-0.3, -0.25) is 0 Å². The first-order valence-corrected chi connectivity index (χ1v) is 6.53. The highest BCUT2D eigenvalue weighted by Crippen LogP contribution is 2.33. The average Bonchev–Trinajstić information content (AvgIpc) is 2.95. The van der Waals surface area contributed by atoms with Crippen molar-refractivity contribution in [1.29, 1.82) is 0 Å². The zero-order valence-electron chi connectivity index (χ0n) is 10.8. The average molecular weight is 245 g/mol. The summed E-state index contributed by atoms with van der Waals surface area (Å²) in [6.45, 7) is 5.04. The Morgan fingerprint density at radius 2 is 2.22 bits per heavy atom. The van der Waals surface area contributed by atoms with Crippen LogP contribution in [0.2, 0.25) is 0 Å². The van der Waals surface area contributed by atoms with Crippen LogP contribution in [0, 0.1) is 12.8 Å². The van der Waals surface area contributed by atoms with Gasteiger partial charge >= 0.3 is 0 Å². The number of para-hydroxylation sites is 1. The maximum Gasteiger partial charge on any atom is 0.137 e. The van der Waals surface area contributed by atoms with Crippen LogP contribution in [0.1, 0.15) is 30.7 Å². The smallest absolute Gasteiger partial charge is 0.137 e. The minimum Gasteiger partial charge on any atom is -0.459 e. The highest BCUT2D eigenvalue weighted by atomic mass is 16.5. The number of fused-ring (bicyclic) bond motifs is 1. The zero-order chi connectivity index (χ0) is 12.7. The molecule has 0 bridgehead atoms. The highest BCUT2D eigenvalue weighted by molar-refractivity contribution is 5.81. The summed E-state index contributed by atoms with van der Waals surface area (Å²) in [7, 11) is 0. The Morgan fingerprint density at radius 1 is 1.39 bits per heavy atom. The van der Waals surface area contributed by atoms with E-state index in [4.69, 9.17) is 14.9 Å². The number of hydrogen-bond acceptors (Lipinski definition) is 3.